The smallest absolute Gasteiger partial charge is 0.326 e. The van der Waals surface area contributed by atoms with Gasteiger partial charge in [0.1, 0.15) is 12.1 Å². The molecule has 0 aromatic heterocycles. The number of hydrogen-bond acceptors (Lipinski definition) is 5. The molecule has 1 aliphatic heterocycles. The molecule has 0 saturated carbocycles. The summed E-state index contributed by atoms with van der Waals surface area (Å²) in [6.45, 7) is 4.84. The van der Waals surface area contributed by atoms with E-state index in [9.17, 15) is 19.2 Å². The van der Waals surface area contributed by atoms with E-state index in [-0.39, 0.29) is 5.91 Å². The molecule has 8 nitrogen and oxygen atoms in total. The van der Waals surface area contributed by atoms with Gasteiger partial charge in [0.2, 0.25) is 0 Å². The Morgan fingerprint density at radius 2 is 1.85 bits per heavy atom. The second-order valence-electron chi connectivity index (χ2n) is 6.50. The van der Waals surface area contributed by atoms with E-state index in [1.165, 1.54) is 0 Å². The predicted octanol–water partition coefficient (Wildman–Crippen LogP) is 0.909. The summed E-state index contributed by atoms with van der Waals surface area (Å²) in [5, 5.41) is 2.47. The molecule has 0 unspecified atom stereocenters. The maximum Gasteiger partial charge on any atom is 0.326 e. The molecule has 0 atom stereocenters. The zero-order valence-electron chi connectivity index (χ0n) is 15.2. The van der Waals surface area contributed by atoms with Crippen LogP contribution in [0.2, 0.25) is 0 Å². The van der Waals surface area contributed by atoms with Gasteiger partial charge in [0.05, 0.1) is 0 Å². The fourth-order valence-corrected chi connectivity index (χ4v) is 2.55. The summed E-state index contributed by atoms with van der Waals surface area (Å²) < 4.78 is 4.95. The third-order valence-corrected chi connectivity index (χ3v) is 4.04. The summed E-state index contributed by atoms with van der Waals surface area (Å²) in [5.74, 6) is -1.66. The molecule has 1 aliphatic rings. The summed E-state index contributed by atoms with van der Waals surface area (Å²) in [6.07, 6.45) is 0. The lowest BCUT2D eigenvalue weighted by Gasteiger charge is -2.21. The molecule has 1 fully saturated rings. The SMILES string of the molecule is CCN(Cc1ccccc1)C(=O)COC(=O)CN1C(=O)NC(C)(C)C1=O. The Bertz CT molecular complexity index is 702. The standard InChI is InChI=1S/C18H23N3O5/c1-4-20(10-13-8-6-5-7-9-13)14(22)12-26-15(23)11-21-16(24)18(2,3)19-17(21)25/h5-9H,4,10-12H2,1-3H3,(H,19,25). The highest BCUT2D eigenvalue weighted by atomic mass is 16.5. The lowest BCUT2D eigenvalue weighted by molar-refractivity contribution is -0.153. The highest BCUT2D eigenvalue weighted by Gasteiger charge is 2.45. The van der Waals surface area contributed by atoms with Gasteiger partial charge in [-0.25, -0.2) is 4.79 Å². The van der Waals surface area contributed by atoms with Crippen LogP contribution in [0, 0.1) is 0 Å². The van der Waals surface area contributed by atoms with Crippen molar-refractivity contribution in [2.45, 2.75) is 32.9 Å². The number of carbonyl (C=O) groups is 4. The van der Waals surface area contributed by atoms with Crippen molar-refractivity contribution in [3.8, 4) is 0 Å². The number of carbonyl (C=O) groups excluding carboxylic acids is 4. The van der Waals surface area contributed by atoms with Crippen molar-refractivity contribution in [2.75, 3.05) is 19.7 Å². The Hall–Kier alpha value is -2.90. The third-order valence-electron chi connectivity index (χ3n) is 4.04. The molecule has 140 valence electrons. The summed E-state index contributed by atoms with van der Waals surface area (Å²) >= 11 is 0. The lowest BCUT2D eigenvalue weighted by atomic mass is 10.1. The van der Waals surface area contributed by atoms with E-state index in [1.807, 2.05) is 37.3 Å². The van der Waals surface area contributed by atoms with Crippen LogP contribution in [0.4, 0.5) is 4.79 Å². The number of nitrogens with one attached hydrogen (secondary N) is 1. The van der Waals surface area contributed by atoms with Gasteiger partial charge < -0.3 is 15.0 Å². The number of benzene rings is 1. The Balaban J connectivity index is 1.85. The van der Waals surface area contributed by atoms with Gasteiger partial charge >= 0.3 is 12.0 Å². The fraction of sp³-hybridized carbons (Fsp3) is 0.444. The molecule has 1 aromatic carbocycles. The molecule has 1 saturated heterocycles. The number of hydrogen-bond donors (Lipinski definition) is 1. The maximum absolute atomic E-state index is 12.2. The first-order valence-electron chi connectivity index (χ1n) is 8.36. The Morgan fingerprint density at radius 1 is 1.19 bits per heavy atom. The van der Waals surface area contributed by atoms with Crippen molar-refractivity contribution in [3.63, 3.8) is 0 Å². The average Bonchev–Trinajstić information content (AvgIpc) is 2.80. The van der Waals surface area contributed by atoms with E-state index in [1.54, 1.807) is 18.7 Å². The second-order valence-corrected chi connectivity index (χ2v) is 6.50. The van der Waals surface area contributed by atoms with E-state index >= 15 is 0 Å². The molecule has 4 amide bonds. The zero-order chi connectivity index (χ0) is 19.3. The molecule has 26 heavy (non-hydrogen) atoms. The lowest BCUT2D eigenvalue weighted by Crippen LogP contribution is -2.41. The highest BCUT2D eigenvalue weighted by molar-refractivity contribution is 6.08. The van der Waals surface area contributed by atoms with Crippen LogP contribution in [0.15, 0.2) is 30.3 Å². The topological polar surface area (TPSA) is 96.0 Å². The molecular weight excluding hydrogens is 338 g/mol. The van der Waals surface area contributed by atoms with Crippen molar-refractivity contribution >= 4 is 23.8 Å². The van der Waals surface area contributed by atoms with Crippen molar-refractivity contribution < 1.29 is 23.9 Å². The summed E-state index contributed by atoms with van der Waals surface area (Å²) in [7, 11) is 0. The number of likely N-dealkylation sites (N-methyl/N-ethyl adjacent to an activating group) is 1. The number of urea groups is 1. The highest BCUT2D eigenvalue weighted by Crippen LogP contribution is 2.16. The first kappa shape index (κ1) is 19.4. The van der Waals surface area contributed by atoms with Crippen molar-refractivity contribution in [1.29, 1.82) is 0 Å². The minimum absolute atomic E-state index is 0.345. The van der Waals surface area contributed by atoms with Gasteiger partial charge in [0.15, 0.2) is 6.61 Å². The molecule has 0 spiro atoms. The first-order valence-corrected chi connectivity index (χ1v) is 8.36. The van der Waals surface area contributed by atoms with E-state index in [2.05, 4.69) is 5.32 Å². The monoisotopic (exact) mass is 361 g/mol. The van der Waals surface area contributed by atoms with Gasteiger partial charge in [-0.15, -0.1) is 0 Å². The molecule has 1 aromatic rings. The number of nitrogens with zero attached hydrogens (tertiary/aromatic N) is 2. The Labute approximate surface area is 152 Å². The number of ether oxygens (including phenoxy) is 1. The maximum atomic E-state index is 12.2. The first-order chi connectivity index (χ1) is 12.2. The quantitative estimate of drug-likeness (QED) is 0.575. The molecule has 1 heterocycles. The van der Waals surface area contributed by atoms with Crippen molar-refractivity contribution in [3.05, 3.63) is 35.9 Å². The van der Waals surface area contributed by atoms with Gasteiger partial charge in [0, 0.05) is 13.1 Å². The van der Waals surface area contributed by atoms with E-state index < -0.39 is 36.6 Å². The number of rotatable bonds is 7. The fourth-order valence-electron chi connectivity index (χ4n) is 2.55. The predicted molar refractivity (Wildman–Crippen MR) is 92.8 cm³/mol. The van der Waals surface area contributed by atoms with Gasteiger partial charge in [-0.3, -0.25) is 19.3 Å². The zero-order valence-corrected chi connectivity index (χ0v) is 15.2. The second kappa shape index (κ2) is 7.99. The van der Waals surface area contributed by atoms with Gasteiger partial charge in [-0.05, 0) is 26.3 Å². The van der Waals surface area contributed by atoms with Gasteiger partial charge in [-0.1, -0.05) is 30.3 Å². The largest absolute Gasteiger partial charge is 0.454 e. The molecular formula is C18H23N3O5. The average molecular weight is 361 g/mol. The van der Waals surface area contributed by atoms with Crippen LogP contribution in [0.1, 0.15) is 26.3 Å². The number of imide groups is 1. The molecule has 0 bridgehead atoms. The van der Waals surface area contributed by atoms with Crippen LogP contribution in [-0.2, 0) is 25.7 Å². The van der Waals surface area contributed by atoms with Crippen LogP contribution in [-0.4, -0.2) is 58.8 Å². The molecule has 1 N–H and O–H groups in total. The van der Waals surface area contributed by atoms with E-state index in [0.29, 0.717) is 13.1 Å². The van der Waals surface area contributed by atoms with E-state index in [0.717, 1.165) is 10.5 Å². The van der Waals surface area contributed by atoms with Crippen LogP contribution < -0.4 is 5.32 Å². The molecule has 0 aliphatic carbocycles. The number of amides is 4. The van der Waals surface area contributed by atoms with Gasteiger partial charge in [0.25, 0.3) is 11.8 Å². The van der Waals surface area contributed by atoms with Crippen LogP contribution >= 0.6 is 0 Å². The normalized spacial score (nSPS) is 15.6. The minimum Gasteiger partial charge on any atom is -0.454 e. The van der Waals surface area contributed by atoms with Crippen LogP contribution in [0.3, 0.4) is 0 Å². The van der Waals surface area contributed by atoms with E-state index in [4.69, 9.17) is 4.74 Å². The molecule has 0 radical (unpaired) electrons. The van der Waals surface area contributed by atoms with Crippen molar-refractivity contribution in [1.82, 2.24) is 15.1 Å². The Kier molecular flexibility index (Phi) is 5.97. The molecule has 2 rings (SSSR count). The number of esters is 1. The van der Waals surface area contributed by atoms with Gasteiger partial charge in [-0.2, -0.15) is 0 Å². The summed E-state index contributed by atoms with van der Waals surface area (Å²) in [4.78, 5) is 50.3. The van der Waals surface area contributed by atoms with Crippen LogP contribution in [0.5, 0.6) is 0 Å². The minimum atomic E-state index is -1.05. The van der Waals surface area contributed by atoms with Crippen LogP contribution in [0.25, 0.3) is 0 Å². The Morgan fingerprint density at radius 3 is 2.38 bits per heavy atom. The summed E-state index contributed by atoms with van der Waals surface area (Å²) in [6, 6.07) is 8.81. The molecule has 8 heteroatoms. The van der Waals surface area contributed by atoms with Crippen molar-refractivity contribution in [2.24, 2.45) is 0 Å². The third kappa shape index (κ3) is 4.59. The summed E-state index contributed by atoms with van der Waals surface area (Å²) in [5.41, 5.74) is -0.0856.